The van der Waals surface area contributed by atoms with Crippen molar-refractivity contribution >= 4 is 17.1 Å². The van der Waals surface area contributed by atoms with Crippen molar-refractivity contribution < 1.29 is 4.79 Å². The van der Waals surface area contributed by atoms with Crippen molar-refractivity contribution in [2.24, 2.45) is 30.5 Å². The van der Waals surface area contributed by atoms with E-state index in [0.717, 1.165) is 41.8 Å². The lowest BCUT2D eigenvalue weighted by Gasteiger charge is -2.23. The second-order valence-corrected chi connectivity index (χ2v) is 8.19. The fraction of sp³-hybridized carbons (Fsp3) is 0.450. The van der Waals surface area contributed by atoms with Crippen LogP contribution in [0.3, 0.4) is 0 Å². The second kappa shape index (κ2) is 6.34. The Kier molecular flexibility index (Phi) is 3.90. The minimum Gasteiger partial charge on any atom is -0.380 e. The third-order valence-corrected chi connectivity index (χ3v) is 6.53. The summed E-state index contributed by atoms with van der Waals surface area (Å²) in [4.78, 5) is 12.1. The van der Waals surface area contributed by atoms with E-state index in [9.17, 15) is 4.79 Å². The highest BCUT2D eigenvalue weighted by Crippen LogP contribution is 2.41. The Bertz CT molecular complexity index is 1050. The summed E-state index contributed by atoms with van der Waals surface area (Å²) in [6, 6.07) is 2.36. The van der Waals surface area contributed by atoms with Crippen LogP contribution in [0.5, 0.6) is 0 Å². The number of nitrogens with one attached hydrogen (secondary N) is 2. The lowest BCUT2D eigenvalue weighted by atomic mass is 9.93. The number of primary amides is 1. The van der Waals surface area contributed by atoms with Gasteiger partial charge in [0.1, 0.15) is 0 Å². The van der Waals surface area contributed by atoms with E-state index in [4.69, 9.17) is 5.73 Å². The average Bonchev–Trinajstić information content (AvgIpc) is 3.41. The van der Waals surface area contributed by atoms with Gasteiger partial charge in [-0.1, -0.05) is 6.92 Å². The van der Waals surface area contributed by atoms with E-state index in [2.05, 4.69) is 27.8 Å². The molecule has 0 aromatic carbocycles. The Labute approximate surface area is 163 Å². The zero-order valence-electron chi connectivity index (χ0n) is 16.1. The molecular formula is C20H25N7O. The van der Waals surface area contributed by atoms with Crippen molar-refractivity contribution in [3.05, 3.63) is 36.4 Å². The molecule has 1 aliphatic heterocycles. The molecule has 2 aliphatic rings. The number of nitrogens with two attached hydrogens (primary N) is 1. The maximum Gasteiger partial charge on any atom is 0.252 e. The number of aromatic nitrogens is 4. The van der Waals surface area contributed by atoms with Crippen molar-refractivity contribution in [2.45, 2.75) is 19.4 Å². The van der Waals surface area contributed by atoms with E-state index in [0.29, 0.717) is 29.4 Å². The van der Waals surface area contributed by atoms with Gasteiger partial charge in [-0.3, -0.25) is 9.48 Å². The van der Waals surface area contributed by atoms with Crippen LogP contribution in [0.4, 0.5) is 5.69 Å². The normalized spacial score (nSPS) is 26.6. The first-order valence-corrected chi connectivity index (χ1v) is 9.78. The molecule has 2 fully saturated rings. The number of nitrogens with zero attached hydrogens (tertiary/aromatic N) is 4. The minimum atomic E-state index is -0.464. The maximum absolute atomic E-state index is 12.1. The van der Waals surface area contributed by atoms with Gasteiger partial charge in [0.2, 0.25) is 0 Å². The first-order valence-electron chi connectivity index (χ1n) is 9.78. The summed E-state index contributed by atoms with van der Waals surface area (Å²) in [5.74, 6) is 1.45. The molecule has 0 spiro atoms. The summed E-state index contributed by atoms with van der Waals surface area (Å²) in [5.41, 5.74) is 9.76. The van der Waals surface area contributed by atoms with Crippen LogP contribution in [0.1, 0.15) is 23.7 Å². The number of carbonyl (C=O) groups is 1. The molecule has 0 bridgehead atoms. The second-order valence-electron chi connectivity index (χ2n) is 8.19. The average molecular weight is 379 g/mol. The van der Waals surface area contributed by atoms with Crippen LogP contribution in [-0.4, -0.2) is 44.4 Å². The summed E-state index contributed by atoms with van der Waals surface area (Å²) in [6.07, 6.45) is 8.40. The van der Waals surface area contributed by atoms with Gasteiger partial charge in [0.15, 0.2) is 0 Å². The monoisotopic (exact) mass is 379 g/mol. The number of aryl methyl sites for hydroxylation is 1. The largest absolute Gasteiger partial charge is 0.380 e. The number of hydrogen-bond donors (Lipinski definition) is 3. The highest BCUT2D eigenvalue weighted by molar-refractivity contribution is 6.02. The van der Waals surface area contributed by atoms with Crippen molar-refractivity contribution in [1.82, 2.24) is 24.7 Å². The lowest BCUT2D eigenvalue weighted by molar-refractivity contribution is 0.100. The number of fused-ring (bicyclic) bond motifs is 2. The van der Waals surface area contributed by atoms with Gasteiger partial charge in [-0.05, 0) is 43.3 Å². The van der Waals surface area contributed by atoms with E-state index in [-0.39, 0.29) is 0 Å². The molecule has 4 heterocycles. The predicted molar refractivity (Wildman–Crippen MR) is 107 cm³/mol. The van der Waals surface area contributed by atoms with Gasteiger partial charge >= 0.3 is 0 Å². The van der Waals surface area contributed by atoms with Gasteiger partial charge < -0.3 is 16.4 Å². The molecule has 1 saturated heterocycles. The lowest BCUT2D eigenvalue weighted by Crippen LogP contribution is -2.29. The van der Waals surface area contributed by atoms with Gasteiger partial charge in [-0.25, -0.2) is 4.52 Å². The van der Waals surface area contributed by atoms with E-state index in [1.807, 2.05) is 31.7 Å². The molecule has 1 amide bonds. The Hall–Kier alpha value is -2.87. The number of amides is 1. The fourth-order valence-corrected chi connectivity index (χ4v) is 4.97. The number of anilines is 1. The van der Waals surface area contributed by atoms with E-state index in [1.54, 1.807) is 15.4 Å². The molecule has 5 rings (SSSR count). The summed E-state index contributed by atoms with van der Waals surface area (Å²) in [7, 11) is 1.89. The number of hydrogen-bond acceptors (Lipinski definition) is 5. The summed E-state index contributed by atoms with van der Waals surface area (Å²) in [6.45, 7) is 4.46. The van der Waals surface area contributed by atoms with Crippen molar-refractivity contribution in [1.29, 1.82) is 0 Å². The minimum absolute atomic E-state index is 0.318. The molecule has 4 N–H and O–H groups in total. The van der Waals surface area contributed by atoms with E-state index >= 15 is 0 Å². The molecule has 0 unspecified atom stereocenters. The first-order chi connectivity index (χ1) is 13.5. The van der Waals surface area contributed by atoms with Crippen LogP contribution in [-0.2, 0) is 7.05 Å². The fourth-order valence-electron chi connectivity index (χ4n) is 4.97. The van der Waals surface area contributed by atoms with Gasteiger partial charge in [0.05, 0.1) is 29.2 Å². The molecule has 3 aromatic rings. The number of rotatable bonds is 4. The van der Waals surface area contributed by atoms with E-state index in [1.165, 1.54) is 0 Å². The Balaban J connectivity index is 1.56. The van der Waals surface area contributed by atoms with Gasteiger partial charge in [0.25, 0.3) is 5.91 Å². The molecule has 3 aromatic heterocycles. The SMILES string of the molecule is C[C@H]1[C@@H]2CNC[C@H]2C[C@H]1Nc1c(C(N)=O)cnn2cc(-c3cnn(C)c3)cc12. The topological polar surface area (TPSA) is 102 Å². The highest BCUT2D eigenvalue weighted by Gasteiger charge is 2.43. The molecule has 28 heavy (non-hydrogen) atoms. The van der Waals surface area contributed by atoms with Gasteiger partial charge in [-0.15, -0.1) is 0 Å². The molecule has 146 valence electrons. The quantitative estimate of drug-likeness (QED) is 0.637. The van der Waals surface area contributed by atoms with Crippen molar-refractivity contribution in [3.63, 3.8) is 0 Å². The third kappa shape index (κ3) is 2.67. The van der Waals surface area contributed by atoms with E-state index < -0.39 is 5.91 Å². The smallest absolute Gasteiger partial charge is 0.252 e. The van der Waals surface area contributed by atoms with Crippen LogP contribution in [0.15, 0.2) is 30.9 Å². The highest BCUT2D eigenvalue weighted by atomic mass is 16.1. The van der Waals surface area contributed by atoms with Gasteiger partial charge in [0, 0.05) is 36.6 Å². The Morgan fingerprint density at radius 2 is 2.11 bits per heavy atom. The van der Waals surface area contributed by atoms with Crippen molar-refractivity contribution in [2.75, 3.05) is 18.4 Å². The van der Waals surface area contributed by atoms with Crippen molar-refractivity contribution in [3.8, 4) is 11.1 Å². The summed E-state index contributed by atoms with van der Waals surface area (Å²) >= 11 is 0. The molecule has 0 radical (unpaired) electrons. The first kappa shape index (κ1) is 17.2. The Morgan fingerprint density at radius 1 is 1.25 bits per heavy atom. The van der Waals surface area contributed by atoms with Crippen LogP contribution in [0.2, 0.25) is 0 Å². The van der Waals surface area contributed by atoms with Crippen LogP contribution < -0.4 is 16.4 Å². The van der Waals surface area contributed by atoms with Crippen LogP contribution in [0.25, 0.3) is 16.6 Å². The predicted octanol–water partition coefficient (Wildman–Crippen LogP) is 1.49. The van der Waals surface area contributed by atoms with Crippen LogP contribution in [0, 0.1) is 17.8 Å². The van der Waals surface area contributed by atoms with Crippen LogP contribution >= 0.6 is 0 Å². The zero-order chi connectivity index (χ0) is 19.4. The van der Waals surface area contributed by atoms with Gasteiger partial charge in [-0.2, -0.15) is 10.2 Å². The molecular weight excluding hydrogens is 354 g/mol. The molecule has 8 nitrogen and oxygen atoms in total. The Morgan fingerprint density at radius 3 is 2.82 bits per heavy atom. The summed E-state index contributed by atoms with van der Waals surface area (Å²) < 4.78 is 3.57. The number of carbonyl (C=O) groups excluding carboxylic acids is 1. The molecule has 4 atom stereocenters. The maximum atomic E-state index is 12.1. The zero-order valence-corrected chi connectivity index (χ0v) is 16.1. The standard InChI is InChI=1S/C20H25N7O/c1-11-15-7-22-5-12(15)3-17(11)25-19-16(20(21)28)8-24-27-10-13(4-18(19)27)14-6-23-26(2)9-14/h4,6,8-12,15,17,22,25H,3,5,7H2,1-2H3,(H2,21,28)/t11-,12+,15-,17+/m0/s1. The molecule has 1 saturated carbocycles. The molecule has 1 aliphatic carbocycles. The summed E-state index contributed by atoms with van der Waals surface area (Å²) in [5, 5.41) is 15.8. The third-order valence-electron chi connectivity index (χ3n) is 6.53. The molecule has 8 heteroatoms.